The maximum Gasteiger partial charge on any atom is 0.343 e. The fraction of sp³-hybridized carbons (Fsp3) is 0.273. The average Bonchev–Trinajstić information content (AvgIpc) is 2.51. The fourth-order valence-electron chi connectivity index (χ4n) is 2.12. The monoisotopic (exact) mass is 235 g/mol. The van der Waals surface area contributed by atoms with Crippen molar-refractivity contribution in [3.8, 4) is 0 Å². The molecule has 0 bridgehead atoms. The zero-order valence-corrected chi connectivity index (χ0v) is 9.29. The molecule has 0 radical (unpaired) electrons. The van der Waals surface area contributed by atoms with Gasteiger partial charge in [-0.3, -0.25) is 4.57 Å². The Morgan fingerprint density at radius 1 is 1.38 bits per heavy atom. The Labute approximate surface area is 96.9 Å². The maximum atomic E-state index is 11.5. The summed E-state index contributed by atoms with van der Waals surface area (Å²) in [7, 11) is 0. The number of nitrogens with zero attached hydrogens (tertiary/aromatic N) is 2. The highest BCUT2D eigenvalue weighted by molar-refractivity contribution is 6.30. The van der Waals surface area contributed by atoms with E-state index in [1.165, 1.54) is 11.1 Å². The van der Waals surface area contributed by atoms with Gasteiger partial charge in [0.1, 0.15) is 5.82 Å². The average molecular weight is 236 g/mol. The van der Waals surface area contributed by atoms with E-state index in [1.807, 2.05) is 18.2 Å². The molecule has 4 nitrogen and oxygen atoms in total. The molecule has 0 saturated carbocycles. The van der Waals surface area contributed by atoms with E-state index in [0.29, 0.717) is 13.0 Å². The van der Waals surface area contributed by atoms with Crippen LogP contribution in [0.5, 0.6) is 0 Å². The molecule has 16 heavy (non-hydrogen) atoms. The van der Waals surface area contributed by atoms with Crippen LogP contribution in [-0.4, -0.2) is 14.8 Å². The van der Waals surface area contributed by atoms with E-state index in [1.54, 1.807) is 4.57 Å². The summed E-state index contributed by atoms with van der Waals surface area (Å²) >= 11 is 5.96. The molecule has 3 rings (SSSR count). The van der Waals surface area contributed by atoms with Crippen molar-refractivity contribution in [2.24, 2.45) is 0 Å². The summed E-state index contributed by atoms with van der Waals surface area (Å²) in [6.45, 7) is 0.665. The number of rotatable bonds is 0. The molecule has 82 valence electrons. The summed E-state index contributed by atoms with van der Waals surface area (Å²) < 4.78 is 1.69. The van der Waals surface area contributed by atoms with Gasteiger partial charge in [0, 0.05) is 18.0 Å². The first kappa shape index (κ1) is 9.66. The molecule has 0 amide bonds. The van der Waals surface area contributed by atoms with E-state index in [2.05, 4.69) is 10.2 Å². The normalized spacial score (nSPS) is 14.1. The third kappa shape index (κ3) is 1.46. The predicted molar refractivity (Wildman–Crippen MR) is 60.8 cm³/mol. The number of benzene rings is 1. The zero-order valence-electron chi connectivity index (χ0n) is 8.53. The standard InChI is InChI=1S/C11H10ClN3O/c12-9-2-1-7-6-10-13-14-11(16)15(10)4-3-8(7)5-9/h1-2,5H,3-4,6H2,(H,14,16). The smallest absolute Gasteiger partial charge is 0.278 e. The van der Waals surface area contributed by atoms with Gasteiger partial charge in [0.05, 0.1) is 0 Å². The molecular weight excluding hydrogens is 226 g/mol. The first-order valence-electron chi connectivity index (χ1n) is 5.15. The highest BCUT2D eigenvalue weighted by Gasteiger charge is 2.16. The van der Waals surface area contributed by atoms with Gasteiger partial charge >= 0.3 is 5.69 Å². The SMILES string of the molecule is O=c1[nH]nc2n1CCc1cc(Cl)ccc1C2. The van der Waals surface area contributed by atoms with Crippen LogP contribution in [0.15, 0.2) is 23.0 Å². The Morgan fingerprint density at radius 3 is 3.12 bits per heavy atom. The number of aryl methyl sites for hydroxylation is 1. The van der Waals surface area contributed by atoms with Gasteiger partial charge in [-0.25, -0.2) is 9.89 Å². The molecule has 1 aromatic carbocycles. The van der Waals surface area contributed by atoms with E-state index < -0.39 is 0 Å². The first-order chi connectivity index (χ1) is 7.74. The second-order valence-electron chi connectivity index (χ2n) is 3.94. The van der Waals surface area contributed by atoms with E-state index in [4.69, 9.17) is 11.6 Å². The fourth-order valence-corrected chi connectivity index (χ4v) is 2.31. The van der Waals surface area contributed by atoms with Gasteiger partial charge in [-0.1, -0.05) is 17.7 Å². The van der Waals surface area contributed by atoms with Crippen LogP contribution in [0.2, 0.25) is 5.02 Å². The second-order valence-corrected chi connectivity index (χ2v) is 4.37. The van der Waals surface area contributed by atoms with Crippen molar-refractivity contribution < 1.29 is 0 Å². The van der Waals surface area contributed by atoms with Gasteiger partial charge in [-0.05, 0) is 29.7 Å². The number of aromatic amines is 1. The van der Waals surface area contributed by atoms with Gasteiger partial charge in [-0.2, -0.15) is 5.10 Å². The molecule has 5 heteroatoms. The van der Waals surface area contributed by atoms with Gasteiger partial charge < -0.3 is 0 Å². The summed E-state index contributed by atoms with van der Waals surface area (Å²) in [5.74, 6) is 0.797. The molecule has 1 aromatic heterocycles. The van der Waals surface area contributed by atoms with Gasteiger partial charge in [0.25, 0.3) is 0 Å². The Bertz CT molecular complexity index is 600. The minimum absolute atomic E-state index is 0.131. The molecular formula is C11H10ClN3O. The number of hydrogen-bond donors (Lipinski definition) is 1. The third-order valence-electron chi connectivity index (χ3n) is 2.96. The highest BCUT2D eigenvalue weighted by Crippen LogP contribution is 2.21. The molecule has 0 saturated heterocycles. The minimum Gasteiger partial charge on any atom is -0.278 e. The Balaban J connectivity index is 2.12. The van der Waals surface area contributed by atoms with Crippen molar-refractivity contribution in [2.75, 3.05) is 0 Å². The lowest BCUT2D eigenvalue weighted by molar-refractivity contribution is 0.659. The van der Waals surface area contributed by atoms with Crippen LogP contribution in [0, 0.1) is 0 Å². The predicted octanol–water partition coefficient (Wildman–Crippen LogP) is 1.37. The van der Waals surface area contributed by atoms with Crippen molar-refractivity contribution in [2.45, 2.75) is 19.4 Å². The molecule has 2 aromatic rings. The van der Waals surface area contributed by atoms with Crippen molar-refractivity contribution in [3.05, 3.63) is 50.7 Å². The molecule has 1 N–H and O–H groups in total. The lowest BCUT2D eigenvalue weighted by atomic mass is 10.0. The lowest BCUT2D eigenvalue weighted by Gasteiger charge is -2.04. The van der Waals surface area contributed by atoms with Crippen LogP contribution in [-0.2, 0) is 19.4 Å². The van der Waals surface area contributed by atoms with Crippen LogP contribution in [0.25, 0.3) is 0 Å². The van der Waals surface area contributed by atoms with Gasteiger partial charge in [0.15, 0.2) is 0 Å². The molecule has 0 spiro atoms. The Kier molecular flexibility index (Phi) is 2.11. The van der Waals surface area contributed by atoms with Crippen LogP contribution in [0.3, 0.4) is 0 Å². The van der Waals surface area contributed by atoms with E-state index >= 15 is 0 Å². The third-order valence-corrected chi connectivity index (χ3v) is 3.19. The number of H-pyrrole nitrogens is 1. The molecule has 0 fully saturated rings. The van der Waals surface area contributed by atoms with E-state index in [0.717, 1.165) is 17.3 Å². The number of halogens is 1. The summed E-state index contributed by atoms with van der Waals surface area (Å²) in [5, 5.41) is 7.25. The number of hydrogen-bond acceptors (Lipinski definition) is 2. The van der Waals surface area contributed by atoms with Crippen LogP contribution in [0.4, 0.5) is 0 Å². The Hall–Kier alpha value is -1.55. The number of fused-ring (bicyclic) bond motifs is 2. The van der Waals surface area contributed by atoms with E-state index in [-0.39, 0.29) is 5.69 Å². The molecule has 0 aliphatic carbocycles. The maximum absolute atomic E-state index is 11.5. The Morgan fingerprint density at radius 2 is 2.25 bits per heavy atom. The molecule has 2 heterocycles. The van der Waals surface area contributed by atoms with Crippen molar-refractivity contribution in [3.63, 3.8) is 0 Å². The lowest BCUT2D eigenvalue weighted by Crippen LogP contribution is -2.18. The quantitative estimate of drug-likeness (QED) is 0.750. The topological polar surface area (TPSA) is 50.7 Å². The molecule has 1 aliphatic rings. The molecule has 1 aliphatic heterocycles. The highest BCUT2D eigenvalue weighted by atomic mass is 35.5. The summed E-state index contributed by atoms with van der Waals surface area (Å²) in [6.07, 6.45) is 1.51. The van der Waals surface area contributed by atoms with Crippen molar-refractivity contribution in [1.29, 1.82) is 0 Å². The minimum atomic E-state index is -0.131. The van der Waals surface area contributed by atoms with Gasteiger partial charge in [0.2, 0.25) is 0 Å². The van der Waals surface area contributed by atoms with Gasteiger partial charge in [-0.15, -0.1) is 0 Å². The second kappa shape index (κ2) is 3.49. The van der Waals surface area contributed by atoms with E-state index in [9.17, 15) is 4.79 Å². The summed E-state index contributed by atoms with van der Waals surface area (Å²) in [5.41, 5.74) is 2.27. The summed E-state index contributed by atoms with van der Waals surface area (Å²) in [6, 6.07) is 5.85. The summed E-state index contributed by atoms with van der Waals surface area (Å²) in [4.78, 5) is 11.5. The van der Waals surface area contributed by atoms with Crippen LogP contribution in [0.1, 0.15) is 17.0 Å². The first-order valence-corrected chi connectivity index (χ1v) is 5.53. The van der Waals surface area contributed by atoms with Crippen molar-refractivity contribution in [1.82, 2.24) is 14.8 Å². The van der Waals surface area contributed by atoms with Crippen LogP contribution >= 0.6 is 11.6 Å². The zero-order chi connectivity index (χ0) is 11.1. The number of aromatic nitrogens is 3. The molecule has 0 unspecified atom stereocenters. The number of nitrogens with one attached hydrogen (secondary N) is 1. The molecule has 0 atom stereocenters. The largest absolute Gasteiger partial charge is 0.343 e. The van der Waals surface area contributed by atoms with Crippen LogP contribution < -0.4 is 5.69 Å². The van der Waals surface area contributed by atoms with Crippen molar-refractivity contribution >= 4 is 11.6 Å².